The molecule has 0 amide bonds. The summed E-state index contributed by atoms with van der Waals surface area (Å²) in [6.07, 6.45) is 0. The highest BCUT2D eigenvalue weighted by molar-refractivity contribution is 5.75. The minimum atomic E-state index is -0.818. The molecule has 0 aliphatic carbocycles. The Morgan fingerprint density at radius 1 is 1.04 bits per heavy atom. The fourth-order valence-corrected chi connectivity index (χ4v) is 3.22. The van der Waals surface area contributed by atoms with Crippen molar-refractivity contribution in [2.75, 3.05) is 32.7 Å². The van der Waals surface area contributed by atoms with Crippen LogP contribution in [0.5, 0.6) is 11.5 Å². The van der Waals surface area contributed by atoms with Crippen LogP contribution < -0.4 is 4.74 Å². The third-order valence-corrected chi connectivity index (χ3v) is 4.61. The minimum Gasteiger partial charge on any atom is -0.480 e. The highest BCUT2D eigenvalue weighted by Gasteiger charge is 2.30. The molecule has 1 unspecified atom stereocenters. The zero-order valence-corrected chi connectivity index (χ0v) is 14.5. The Labute approximate surface area is 148 Å². The molecule has 2 aromatic rings. The van der Waals surface area contributed by atoms with Crippen molar-refractivity contribution < 1.29 is 14.6 Å². The second kappa shape index (κ2) is 8.14. The van der Waals surface area contributed by atoms with Crippen molar-refractivity contribution in [2.24, 2.45) is 0 Å². The minimum absolute atomic E-state index is 0.640. The molecule has 1 fully saturated rings. The zero-order valence-electron chi connectivity index (χ0n) is 14.5. The number of benzene rings is 2. The summed E-state index contributed by atoms with van der Waals surface area (Å²) in [5.74, 6) is 0.576. The number of nitrogens with zero attached hydrogens (tertiary/aromatic N) is 2. The van der Waals surface area contributed by atoms with Crippen LogP contribution in [0.15, 0.2) is 54.6 Å². The summed E-state index contributed by atoms with van der Waals surface area (Å²) >= 11 is 0. The monoisotopic (exact) mass is 340 g/mol. The highest BCUT2D eigenvalue weighted by Crippen LogP contribution is 2.28. The molecule has 5 heteroatoms. The number of carboxylic acids is 1. The van der Waals surface area contributed by atoms with Crippen LogP contribution in [0.2, 0.25) is 0 Å². The van der Waals surface area contributed by atoms with Gasteiger partial charge in [0.15, 0.2) is 0 Å². The van der Waals surface area contributed by atoms with Crippen molar-refractivity contribution in [1.29, 1.82) is 0 Å². The van der Waals surface area contributed by atoms with E-state index in [1.165, 1.54) is 0 Å². The van der Waals surface area contributed by atoms with Gasteiger partial charge in [0.1, 0.15) is 17.5 Å². The van der Waals surface area contributed by atoms with E-state index >= 15 is 0 Å². The van der Waals surface area contributed by atoms with Crippen molar-refractivity contribution in [3.05, 3.63) is 60.2 Å². The number of carbonyl (C=O) groups is 1. The molecule has 0 radical (unpaired) electrons. The number of ether oxygens (including phenoxy) is 1. The molecule has 1 heterocycles. The lowest BCUT2D eigenvalue weighted by molar-refractivity contribution is -0.144. The summed E-state index contributed by atoms with van der Waals surface area (Å²) in [6, 6.07) is 16.3. The van der Waals surface area contributed by atoms with Crippen molar-refractivity contribution in [1.82, 2.24) is 9.80 Å². The van der Waals surface area contributed by atoms with Gasteiger partial charge in [0.2, 0.25) is 0 Å². The number of rotatable bonds is 6. The summed E-state index contributed by atoms with van der Waals surface area (Å²) in [5.41, 5.74) is 0.755. The lowest BCUT2D eigenvalue weighted by Crippen LogP contribution is -2.49. The average molecular weight is 340 g/mol. The summed E-state index contributed by atoms with van der Waals surface area (Å²) in [4.78, 5) is 16.3. The second-order valence-electron chi connectivity index (χ2n) is 6.20. The lowest BCUT2D eigenvalue weighted by atomic mass is 10.0. The Morgan fingerprint density at radius 2 is 1.72 bits per heavy atom. The Hall–Kier alpha value is -2.37. The number of hydrogen-bond acceptors (Lipinski definition) is 4. The van der Waals surface area contributed by atoms with Gasteiger partial charge in [-0.2, -0.15) is 0 Å². The third-order valence-electron chi connectivity index (χ3n) is 4.61. The molecule has 0 aromatic heterocycles. The van der Waals surface area contributed by atoms with E-state index < -0.39 is 12.0 Å². The normalized spacial score (nSPS) is 17.2. The van der Waals surface area contributed by atoms with Crippen molar-refractivity contribution in [3.63, 3.8) is 0 Å². The predicted octanol–water partition coefficient (Wildman–Crippen LogP) is 3.24. The van der Waals surface area contributed by atoms with Crippen LogP contribution >= 0.6 is 0 Å². The van der Waals surface area contributed by atoms with Crippen LogP contribution in [-0.2, 0) is 4.79 Å². The first-order valence-corrected chi connectivity index (χ1v) is 8.69. The first-order valence-electron chi connectivity index (χ1n) is 8.69. The topological polar surface area (TPSA) is 53.0 Å². The molecule has 1 aliphatic heterocycles. The maximum absolute atomic E-state index is 11.9. The van der Waals surface area contributed by atoms with E-state index in [2.05, 4.69) is 11.8 Å². The molecule has 2 aromatic carbocycles. The second-order valence-corrected chi connectivity index (χ2v) is 6.20. The van der Waals surface area contributed by atoms with Crippen LogP contribution in [0.1, 0.15) is 18.5 Å². The summed E-state index contributed by atoms with van der Waals surface area (Å²) in [6.45, 7) is 6.46. The first-order chi connectivity index (χ1) is 12.2. The van der Waals surface area contributed by atoms with Crippen LogP contribution in [0, 0.1) is 0 Å². The molecule has 132 valence electrons. The van der Waals surface area contributed by atoms with Gasteiger partial charge >= 0.3 is 5.97 Å². The molecule has 3 rings (SSSR count). The van der Waals surface area contributed by atoms with E-state index in [1.54, 1.807) is 0 Å². The number of piperazine rings is 1. The maximum Gasteiger partial charge on any atom is 0.325 e. The van der Waals surface area contributed by atoms with Gasteiger partial charge in [-0.1, -0.05) is 37.3 Å². The largest absolute Gasteiger partial charge is 0.480 e. The van der Waals surface area contributed by atoms with E-state index in [9.17, 15) is 9.90 Å². The van der Waals surface area contributed by atoms with Crippen LogP contribution in [-0.4, -0.2) is 53.6 Å². The van der Waals surface area contributed by atoms with Gasteiger partial charge in [-0.25, -0.2) is 0 Å². The molecule has 1 atom stereocenters. The molecule has 0 bridgehead atoms. The molecular formula is C20H24N2O3. The van der Waals surface area contributed by atoms with Gasteiger partial charge in [0.25, 0.3) is 0 Å². The van der Waals surface area contributed by atoms with Gasteiger partial charge < -0.3 is 14.7 Å². The van der Waals surface area contributed by atoms with Crippen LogP contribution in [0.25, 0.3) is 0 Å². The molecular weight excluding hydrogens is 316 g/mol. The lowest BCUT2D eigenvalue weighted by Gasteiger charge is -2.37. The van der Waals surface area contributed by atoms with E-state index in [-0.39, 0.29) is 0 Å². The van der Waals surface area contributed by atoms with E-state index in [4.69, 9.17) is 4.74 Å². The van der Waals surface area contributed by atoms with Gasteiger partial charge in [-0.3, -0.25) is 9.69 Å². The molecule has 0 spiro atoms. The van der Waals surface area contributed by atoms with E-state index in [0.29, 0.717) is 5.75 Å². The van der Waals surface area contributed by atoms with Gasteiger partial charge in [-0.05, 0) is 36.4 Å². The average Bonchev–Trinajstić information content (AvgIpc) is 2.63. The summed E-state index contributed by atoms with van der Waals surface area (Å²) in [5, 5.41) is 9.79. The Kier molecular flexibility index (Phi) is 5.68. The molecule has 1 saturated heterocycles. The molecule has 25 heavy (non-hydrogen) atoms. The Bertz CT molecular complexity index is 697. The Morgan fingerprint density at radius 3 is 2.36 bits per heavy atom. The number of aliphatic carboxylic acids is 1. The SMILES string of the molecule is CCN1CCN(C(C(=O)O)c2cccc(Oc3ccccc3)c2)CC1. The number of likely N-dealkylation sites (N-methyl/N-ethyl adjacent to an activating group) is 1. The van der Waals surface area contributed by atoms with Crippen molar-refractivity contribution in [2.45, 2.75) is 13.0 Å². The maximum atomic E-state index is 11.9. The first kappa shape index (κ1) is 17.5. The summed E-state index contributed by atoms with van der Waals surface area (Å²) in [7, 11) is 0. The fourth-order valence-electron chi connectivity index (χ4n) is 3.22. The van der Waals surface area contributed by atoms with Gasteiger partial charge in [0.05, 0.1) is 0 Å². The molecule has 1 N–H and O–H groups in total. The zero-order chi connectivity index (χ0) is 17.6. The number of hydrogen-bond donors (Lipinski definition) is 1. The number of carboxylic acid groups (broad SMARTS) is 1. The standard InChI is InChI=1S/C20H24N2O3/c1-2-21-11-13-22(14-12-21)19(20(23)24)16-7-6-10-18(15-16)25-17-8-4-3-5-9-17/h3-10,15,19H,2,11-14H2,1H3,(H,23,24). The summed E-state index contributed by atoms with van der Waals surface area (Å²) < 4.78 is 5.85. The molecule has 5 nitrogen and oxygen atoms in total. The van der Waals surface area contributed by atoms with Crippen LogP contribution in [0.4, 0.5) is 0 Å². The number of para-hydroxylation sites is 1. The fraction of sp³-hybridized carbons (Fsp3) is 0.350. The van der Waals surface area contributed by atoms with Crippen molar-refractivity contribution >= 4 is 5.97 Å². The highest BCUT2D eigenvalue weighted by atomic mass is 16.5. The Balaban J connectivity index is 1.78. The van der Waals surface area contributed by atoms with E-state index in [0.717, 1.165) is 44.0 Å². The van der Waals surface area contributed by atoms with Gasteiger partial charge in [0, 0.05) is 26.2 Å². The smallest absolute Gasteiger partial charge is 0.325 e. The van der Waals surface area contributed by atoms with Gasteiger partial charge in [-0.15, -0.1) is 0 Å². The molecule has 0 saturated carbocycles. The predicted molar refractivity (Wildman–Crippen MR) is 97.0 cm³/mol. The third kappa shape index (κ3) is 4.38. The van der Waals surface area contributed by atoms with Crippen LogP contribution in [0.3, 0.4) is 0 Å². The van der Waals surface area contributed by atoms with Crippen molar-refractivity contribution in [3.8, 4) is 11.5 Å². The quantitative estimate of drug-likeness (QED) is 0.875. The van der Waals surface area contributed by atoms with E-state index in [1.807, 2.05) is 59.5 Å². The molecule has 1 aliphatic rings.